The summed E-state index contributed by atoms with van der Waals surface area (Å²) in [5, 5.41) is 0.205. The standard InChI is InChI=1S/C7H5ClF2INO/c1-13-7-4(6(9)10)5(11)3(8)2-12-7/h2,6H,1H3. The smallest absolute Gasteiger partial charge is 0.270 e. The molecule has 0 fully saturated rings. The van der Waals surface area contributed by atoms with E-state index in [9.17, 15) is 8.78 Å². The molecule has 1 aromatic heterocycles. The van der Waals surface area contributed by atoms with Crippen LogP contribution in [0.25, 0.3) is 0 Å². The molecular weight excluding hydrogens is 314 g/mol. The van der Waals surface area contributed by atoms with E-state index in [0.717, 1.165) is 0 Å². The Morgan fingerprint density at radius 2 is 2.23 bits per heavy atom. The molecule has 1 heterocycles. The molecule has 0 spiro atoms. The average molecular weight is 319 g/mol. The Labute approximate surface area is 92.4 Å². The Bertz CT molecular complexity index is 322. The van der Waals surface area contributed by atoms with E-state index in [-0.39, 0.29) is 20.0 Å². The quantitative estimate of drug-likeness (QED) is 0.781. The van der Waals surface area contributed by atoms with Crippen molar-refractivity contribution in [3.63, 3.8) is 0 Å². The van der Waals surface area contributed by atoms with E-state index in [0.29, 0.717) is 0 Å². The largest absolute Gasteiger partial charge is 0.481 e. The first-order chi connectivity index (χ1) is 6.07. The van der Waals surface area contributed by atoms with Crippen molar-refractivity contribution in [3.05, 3.63) is 20.4 Å². The normalized spacial score (nSPS) is 10.6. The van der Waals surface area contributed by atoms with Crippen LogP contribution in [0.5, 0.6) is 5.88 Å². The number of methoxy groups -OCH3 is 1. The third-order valence-electron chi connectivity index (χ3n) is 1.38. The zero-order valence-electron chi connectivity index (χ0n) is 6.52. The van der Waals surface area contributed by atoms with Crippen molar-refractivity contribution < 1.29 is 13.5 Å². The lowest BCUT2D eigenvalue weighted by Crippen LogP contribution is -1.99. The first-order valence-corrected chi connectivity index (χ1v) is 4.69. The third-order valence-corrected chi connectivity index (χ3v) is 3.15. The van der Waals surface area contributed by atoms with Gasteiger partial charge < -0.3 is 4.74 Å². The Kier molecular flexibility index (Phi) is 3.66. The minimum Gasteiger partial charge on any atom is -0.481 e. The first kappa shape index (κ1) is 10.9. The summed E-state index contributed by atoms with van der Waals surface area (Å²) in [4.78, 5) is 3.64. The fraction of sp³-hybridized carbons (Fsp3) is 0.286. The zero-order chi connectivity index (χ0) is 10.0. The third kappa shape index (κ3) is 2.19. The van der Waals surface area contributed by atoms with Crippen molar-refractivity contribution in [1.82, 2.24) is 4.98 Å². The number of alkyl halides is 2. The summed E-state index contributed by atoms with van der Waals surface area (Å²) >= 11 is 7.37. The molecule has 72 valence electrons. The average Bonchev–Trinajstić information content (AvgIpc) is 2.08. The van der Waals surface area contributed by atoms with Gasteiger partial charge in [-0.2, -0.15) is 0 Å². The number of aromatic nitrogens is 1. The summed E-state index contributed by atoms with van der Waals surface area (Å²) in [5.74, 6) is -0.0798. The molecule has 1 aromatic rings. The second kappa shape index (κ2) is 4.36. The highest BCUT2D eigenvalue weighted by Gasteiger charge is 2.20. The van der Waals surface area contributed by atoms with Crippen molar-refractivity contribution >= 4 is 34.2 Å². The molecule has 0 bridgehead atoms. The van der Waals surface area contributed by atoms with Crippen molar-refractivity contribution in [1.29, 1.82) is 0 Å². The summed E-state index contributed by atoms with van der Waals surface area (Å²) in [6.45, 7) is 0. The van der Waals surface area contributed by atoms with E-state index >= 15 is 0 Å². The fourth-order valence-corrected chi connectivity index (χ4v) is 1.57. The zero-order valence-corrected chi connectivity index (χ0v) is 9.44. The molecule has 0 saturated carbocycles. The highest BCUT2D eigenvalue weighted by molar-refractivity contribution is 14.1. The van der Waals surface area contributed by atoms with Gasteiger partial charge in [0.25, 0.3) is 6.43 Å². The van der Waals surface area contributed by atoms with E-state index in [2.05, 4.69) is 9.72 Å². The van der Waals surface area contributed by atoms with Crippen LogP contribution in [0.15, 0.2) is 6.20 Å². The molecule has 0 atom stereocenters. The van der Waals surface area contributed by atoms with Crippen molar-refractivity contribution in [3.8, 4) is 5.88 Å². The molecule has 0 unspecified atom stereocenters. The Hall–Kier alpha value is -0.170. The highest BCUT2D eigenvalue weighted by atomic mass is 127. The van der Waals surface area contributed by atoms with Gasteiger partial charge >= 0.3 is 0 Å². The molecule has 13 heavy (non-hydrogen) atoms. The molecule has 0 amide bonds. The molecule has 0 aliphatic rings. The number of hydrogen-bond donors (Lipinski definition) is 0. The first-order valence-electron chi connectivity index (χ1n) is 3.24. The number of ether oxygens (including phenoxy) is 1. The lowest BCUT2D eigenvalue weighted by molar-refractivity contribution is 0.145. The number of halogens is 4. The summed E-state index contributed by atoms with van der Waals surface area (Å²) in [6.07, 6.45) is -1.35. The Morgan fingerprint density at radius 3 is 2.69 bits per heavy atom. The second-order valence-electron chi connectivity index (χ2n) is 2.14. The van der Waals surface area contributed by atoms with Gasteiger partial charge in [0.1, 0.15) is 0 Å². The molecular formula is C7H5ClF2INO. The minimum atomic E-state index is -2.63. The van der Waals surface area contributed by atoms with Gasteiger partial charge in [-0.1, -0.05) is 11.6 Å². The Balaban J connectivity index is 3.32. The van der Waals surface area contributed by atoms with Crippen LogP contribution in [0.1, 0.15) is 12.0 Å². The van der Waals surface area contributed by atoms with Gasteiger partial charge in [-0.15, -0.1) is 0 Å². The van der Waals surface area contributed by atoms with Gasteiger partial charge in [-0.3, -0.25) is 0 Å². The number of pyridine rings is 1. The molecule has 0 radical (unpaired) electrons. The van der Waals surface area contributed by atoms with Crippen LogP contribution >= 0.6 is 34.2 Å². The fourth-order valence-electron chi connectivity index (χ4n) is 0.816. The molecule has 1 rings (SSSR count). The van der Waals surface area contributed by atoms with Crippen molar-refractivity contribution in [2.75, 3.05) is 7.11 Å². The van der Waals surface area contributed by atoms with Crippen LogP contribution in [0.2, 0.25) is 5.02 Å². The van der Waals surface area contributed by atoms with E-state index < -0.39 is 6.43 Å². The molecule has 0 N–H and O–H groups in total. The topological polar surface area (TPSA) is 22.1 Å². The van der Waals surface area contributed by atoms with Gasteiger partial charge in [-0.05, 0) is 22.6 Å². The molecule has 0 aromatic carbocycles. The number of nitrogens with zero attached hydrogens (tertiary/aromatic N) is 1. The summed E-state index contributed by atoms with van der Waals surface area (Å²) in [6, 6.07) is 0. The summed E-state index contributed by atoms with van der Waals surface area (Å²) < 4.78 is 29.9. The van der Waals surface area contributed by atoms with Gasteiger partial charge in [-0.25, -0.2) is 13.8 Å². The SMILES string of the molecule is COc1ncc(Cl)c(I)c1C(F)F. The Morgan fingerprint density at radius 1 is 1.62 bits per heavy atom. The van der Waals surface area contributed by atoms with E-state index in [4.69, 9.17) is 11.6 Å². The van der Waals surface area contributed by atoms with Crippen molar-refractivity contribution in [2.45, 2.75) is 6.43 Å². The predicted octanol–water partition coefficient (Wildman–Crippen LogP) is 3.29. The van der Waals surface area contributed by atoms with Crippen LogP contribution in [0.4, 0.5) is 8.78 Å². The minimum absolute atomic E-state index is 0.0798. The van der Waals surface area contributed by atoms with Crippen LogP contribution in [-0.2, 0) is 0 Å². The van der Waals surface area contributed by atoms with Crippen LogP contribution < -0.4 is 4.74 Å². The van der Waals surface area contributed by atoms with E-state index in [1.54, 1.807) is 22.6 Å². The molecule has 6 heteroatoms. The van der Waals surface area contributed by atoms with Crippen molar-refractivity contribution in [2.24, 2.45) is 0 Å². The van der Waals surface area contributed by atoms with Gasteiger partial charge in [0.05, 0.1) is 23.9 Å². The monoisotopic (exact) mass is 319 g/mol. The van der Waals surface area contributed by atoms with Gasteiger partial charge in [0, 0.05) is 3.57 Å². The maximum Gasteiger partial charge on any atom is 0.270 e. The highest BCUT2D eigenvalue weighted by Crippen LogP contribution is 2.34. The molecule has 0 aliphatic heterocycles. The van der Waals surface area contributed by atoms with Crippen LogP contribution in [0.3, 0.4) is 0 Å². The summed E-state index contributed by atoms with van der Waals surface area (Å²) in [7, 11) is 1.29. The van der Waals surface area contributed by atoms with Gasteiger partial charge in [0.2, 0.25) is 5.88 Å². The summed E-state index contributed by atoms with van der Waals surface area (Å²) in [5.41, 5.74) is -0.254. The maximum absolute atomic E-state index is 12.5. The second-order valence-corrected chi connectivity index (χ2v) is 3.63. The van der Waals surface area contributed by atoms with Crippen LogP contribution in [-0.4, -0.2) is 12.1 Å². The molecule has 0 aliphatic carbocycles. The maximum atomic E-state index is 12.5. The van der Waals surface area contributed by atoms with Gasteiger partial charge in [0.15, 0.2) is 0 Å². The number of rotatable bonds is 2. The van der Waals surface area contributed by atoms with Crippen LogP contribution in [0, 0.1) is 3.57 Å². The lowest BCUT2D eigenvalue weighted by atomic mass is 10.3. The van der Waals surface area contributed by atoms with E-state index in [1.807, 2.05) is 0 Å². The molecule has 0 saturated heterocycles. The number of hydrogen-bond acceptors (Lipinski definition) is 2. The predicted molar refractivity (Wildman–Crippen MR) is 53.5 cm³/mol. The van der Waals surface area contributed by atoms with E-state index in [1.165, 1.54) is 13.3 Å². The lowest BCUT2D eigenvalue weighted by Gasteiger charge is -2.08. The molecule has 2 nitrogen and oxygen atoms in total.